The van der Waals surface area contributed by atoms with Crippen LogP contribution in [0.15, 0.2) is 23.1 Å². The monoisotopic (exact) mass is 415 g/mol. The van der Waals surface area contributed by atoms with Crippen LogP contribution >= 0.6 is 11.6 Å². The number of rotatable bonds is 6. The molecule has 0 radical (unpaired) electrons. The molecule has 2 rings (SSSR count). The van der Waals surface area contributed by atoms with Gasteiger partial charge >= 0.3 is 0 Å². The van der Waals surface area contributed by atoms with Gasteiger partial charge in [-0.2, -0.15) is 0 Å². The number of piperidine rings is 1. The molecule has 1 fully saturated rings. The number of halogens is 1. The summed E-state index contributed by atoms with van der Waals surface area (Å²) in [5, 5.41) is 3.11. The second kappa shape index (κ2) is 8.90. The minimum absolute atomic E-state index is 0.0792. The molecule has 1 aromatic rings. The first-order valence-corrected chi connectivity index (χ1v) is 11.2. The maximum absolute atomic E-state index is 12.6. The van der Waals surface area contributed by atoms with Crippen LogP contribution in [0.4, 0.5) is 0 Å². The van der Waals surface area contributed by atoms with Gasteiger partial charge < -0.3 is 10.2 Å². The van der Waals surface area contributed by atoms with E-state index < -0.39 is 15.6 Å². The summed E-state index contributed by atoms with van der Waals surface area (Å²) in [5.41, 5.74) is -0.350. The van der Waals surface area contributed by atoms with E-state index in [9.17, 15) is 13.2 Å². The fraction of sp³-hybridized carbons (Fsp3) is 0.632. The van der Waals surface area contributed by atoms with Crippen molar-refractivity contribution in [2.45, 2.75) is 63.4 Å². The van der Waals surface area contributed by atoms with Crippen LogP contribution in [-0.2, 0) is 10.0 Å². The van der Waals surface area contributed by atoms with Crippen LogP contribution in [0.1, 0.15) is 57.3 Å². The molecule has 0 aromatic heterocycles. The summed E-state index contributed by atoms with van der Waals surface area (Å²) >= 11 is 6.10. The molecular weight excluding hydrogens is 386 g/mol. The third-order valence-corrected chi connectivity index (χ3v) is 6.63. The quantitative estimate of drug-likeness (QED) is 0.748. The van der Waals surface area contributed by atoms with Crippen molar-refractivity contribution in [2.75, 3.05) is 19.6 Å². The van der Waals surface area contributed by atoms with E-state index in [0.29, 0.717) is 5.56 Å². The number of hydrogen-bond donors (Lipinski definition) is 2. The van der Waals surface area contributed by atoms with Gasteiger partial charge in [-0.25, -0.2) is 13.1 Å². The molecule has 0 atom stereocenters. The number of nitrogens with zero attached hydrogens (tertiary/aromatic N) is 1. The number of benzene rings is 1. The van der Waals surface area contributed by atoms with E-state index in [1.54, 1.807) is 26.8 Å². The molecular formula is C19H30ClN3O3S. The van der Waals surface area contributed by atoms with Gasteiger partial charge in [0.2, 0.25) is 10.0 Å². The van der Waals surface area contributed by atoms with Crippen molar-refractivity contribution in [1.82, 2.24) is 14.9 Å². The van der Waals surface area contributed by atoms with E-state index in [4.69, 9.17) is 11.6 Å². The van der Waals surface area contributed by atoms with Crippen molar-refractivity contribution in [1.29, 1.82) is 0 Å². The molecule has 0 unspecified atom stereocenters. The Labute approximate surface area is 167 Å². The fourth-order valence-electron chi connectivity index (χ4n) is 3.19. The molecule has 1 aliphatic heterocycles. The Morgan fingerprint density at radius 1 is 1.26 bits per heavy atom. The largest absolute Gasteiger partial charge is 0.349 e. The van der Waals surface area contributed by atoms with E-state index in [1.807, 2.05) is 0 Å². The van der Waals surface area contributed by atoms with Gasteiger partial charge in [0.15, 0.2) is 0 Å². The number of amides is 1. The lowest BCUT2D eigenvalue weighted by Gasteiger charge is -2.32. The van der Waals surface area contributed by atoms with Gasteiger partial charge in [-0.05, 0) is 64.8 Å². The summed E-state index contributed by atoms with van der Waals surface area (Å²) < 4.78 is 27.8. The molecule has 1 heterocycles. The van der Waals surface area contributed by atoms with Crippen LogP contribution in [0.2, 0.25) is 5.02 Å². The van der Waals surface area contributed by atoms with E-state index in [1.165, 1.54) is 12.1 Å². The number of carbonyl (C=O) groups is 1. The van der Waals surface area contributed by atoms with Crippen molar-refractivity contribution in [3.8, 4) is 0 Å². The van der Waals surface area contributed by atoms with Gasteiger partial charge in [0, 0.05) is 30.2 Å². The number of sulfonamides is 1. The zero-order valence-electron chi connectivity index (χ0n) is 16.5. The first kappa shape index (κ1) is 22.1. The smallest absolute Gasteiger partial charge is 0.251 e. The highest BCUT2D eigenvalue weighted by atomic mass is 35.5. The van der Waals surface area contributed by atoms with Crippen LogP contribution < -0.4 is 10.0 Å². The zero-order valence-corrected chi connectivity index (χ0v) is 18.1. The molecule has 27 heavy (non-hydrogen) atoms. The third kappa shape index (κ3) is 6.45. The number of hydrogen-bond acceptors (Lipinski definition) is 4. The average Bonchev–Trinajstić information content (AvgIpc) is 2.55. The highest BCUT2D eigenvalue weighted by Gasteiger charge is 2.26. The highest BCUT2D eigenvalue weighted by Crippen LogP contribution is 2.24. The summed E-state index contributed by atoms with van der Waals surface area (Å²) in [6.07, 6.45) is 2.92. The lowest BCUT2D eigenvalue weighted by Crippen LogP contribution is -2.44. The van der Waals surface area contributed by atoms with Crippen LogP contribution in [0, 0.1) is 0 Å². The molecule has 8 heteroatoms. The Balaban J connectivity index is 2.10. The Morgan fingerprint density at radius 2 is 1.89 bits per heavy atom. The number of likely N-dealkylation sites (tertiary alicyclic amines) is 1. The molecule has 152 valence electrons. The summed E-state index contributed by atoms with van der Waals surface area (Å²) in [5.74, 6) is -0.271. The molecule has 2 N–H and O–H groups in total. The molecule has 0 aliphatic carbocycles. The zero-order chi connectivity index (χ0) is 20.2. The Hall–Kier alpha value is -1.15. The van der Waals surface area contributed by atoms with E-state index in [2.05, 4.69) is 21.9 Å². The van der Waals surface area contributed by atoms with Gasteiger partial charge in [-0.3, -0.25) is 4.79 Å². The molecule has 0 bridgehead atoms. The van der Waals surface area contributed by atoms with E-state index in [-0.39, 0.29) is 21.9 Å². The Kier molecular flexibility index (Phi) is 7.30. The fourth-order valence-corrected chi connectivity index (χ4v) is 5.14. The second-order valence-electron chi connectivity index (χ2n) is 8.09. The van der Waals surface area contributed by atoms with Crippen LogP contribution in [-0.4, -0.2) is 50.4 Å². The van der Waals surface area contributed by atoms with Gasteiger partial charge in [0.1, 0.15) is 4.90 Å². The molecule has 0 saturated carbocycles. The summed E-state index contributed by atoms with van der Waals surface area (Å²) in [7, 11) is -3.82. The molecule has 6 nitrogen and oxygen atoms in total. The van der Waals surface area contributed by atoms with Crippen LogP contribution in [0.3, 0.4) is 0 Å². The molecule has 1 saturated heterocycles. The van der Waals surface area contributed by atoms with E-state index >= 15 is 0 Å². The van der Waals surface area contributed by atoms with Crippen molar-refractivity contribution >= 4 is 27.5 Å². The normalized spacial score (nSPS) is 17.1. The highest BCUT2D eigenvalue weighted by molar-refractivity contribution is 7.89. The molecule has 1 aromatic carbocycles. The Bertz CT molecular complexity index is 767. The maximum Gasteiger partial charge on any atom is 0.251 e. The van der Waals surface area contributed by atoms with Gasteiger partial charge in [0.25, 0.3) is 5.91 Å². The van der Waals surface area contributed by atoms with Crippen LogP contribution in [0.25, 0.3) is 0 Å². The number of carbonyl (C=O) groups excluding carboxylic acids is 1. The lowest BCUT2D eigenvalue weighted by molar-refractivity contribution is 0.0911. The van der Waals surface area contributed by atoms with Crippen molar-refractivity contribution < 1.29 is 13.2 Å². The number of nitrogens with one attached hydrogen (secondary N) is 2. The predicted octanol–water partition coefficient (Wildman–Crippen LogP) is 3.02. The SMILES string of the molecule is CCCN1CCC(NC(=O)c2ccc(Cl)c(S(=O)(=O)NC(C)(C)C)c2)CC1. The molecule has 0 spiro atoms. The topological polar surface area (TPSA) is 78.5 Å². The predicted molar refractivity (Wildman–Crippen MR) is 109 cm³/mol. The van der Waals surface area contributed by atoms with Crippen molar-refractivity contribution in [2.24, 2.45) is 0 Å². The maximum atomic E-state index is 12.6. The van der Waals surface area contributed by atoms with Crippen molar-refractivity contribution in [3.05, 3.63) is 28.8 Å². The van der Waals surface area contributed by atoms with Crippen LogP contribution in [0.5, 0.6) is 0 Å². The molecule has 1 aliphatic rings. The van der Waals surface area contributed by atoms with Gasteiger partial charge in [-0.15, -0.1) is 0 Å². The molecule has 1 amide bonds. The lowest BCUT2D eigenvalue weighted by atomic mass is 10.0. The summed E-state index contributed by atoms with van der Waals surface area (Å²) in [6, 6.07) is 4.46. The van der Waals surface area contributed by atoms with Crippen molar-refractivity contribution in [3.63, 3.8) is 0 Å². The first-order valence-electron chi connectivity index (χ1n) is 9.38. The third-order valence-electron chi connectivity index (χ3n) is 4.39. The standard InChI is InChI=1S/C19H30ClN3O3S/c1-5-10-23-11-8-15(9-12-23)21-18(24)14-6-7-16(20)17(13-14)27(25,26)22-19(2,3)4/h6-7,13,15,22H,5,8-12H2,1-4H3,(H,21,24). The minimum atomic E-state index is -3.82. The second-order valence-corrected chi connectivity index (χ2v) is 10.1. The van der Waals surface area contributed by atoms with E-state index in [0.717, 1.165) is 38.9 Å². The van der Waals surface area contributed by atoms with Gasteiger partial charge in [0.05, 0.1) is 5.02 Å². The average molecular weight is 416 g/mol. The summed E-state index contributed by atoms with van der Waals surface area (Å²) in [6.45, 7) is 10.4. The summed E-state index contributed by atoms with van der Waals surface area (Å²) in [4.78, 5) is 14.9. The Morgan fingerprint density at radius 3 is 2.44 bits per heavy atom. The van der Waals surface area contributed by atoms with Gasteiger partial charge in [-0.1, -0.05) is 18.5 Å². The first-order chi connectivity index (χ1) is 12.5. The minimum Gasteiger partial charge on any atom is -0.349 e.